The van der Waals surface area contributed by atoms with Gasteiger partial charge in [-0.2, -0.15) is 18.4 Å². The molecule has 0 heterocycles. The average Bonchev–Trinajstić information content (AvgIpc) is 2.54. The first-order chi connectivity index (χ1) is 11.8. The second kappa shape index (κ2) is 9.32. The molecule has 0 spiro atoms. The fourth-order valence-corrected chi connectivity index (χ4v) is 1.76. The van der Waals surface area contributed by atoms with Crippen LogP contribution in [0.2, 0.25) is 0 Å². The normalized spacial score (nSPS) is 11.4. The number of nitriles is 1. The Kier molecular flexibility index (Phi) is 7.46. The molecule has 0 saturated carbocycles. The largest absolute Gasteiger partial charge is 0.466 e. The van der Waals surface area contributed by atoms with E-state index in [1.54, 1.807) is 13.0 Å². The van der Waals surface area contributed by atoms with Crippen molar-refractivity contribution >= 4 is 17.6 Å². The van der Waals surface area contributed by atoms with Crippen LogP contribution >= 0.6 is 0 Å². The molecule has 0 unspecified atom stereocenters. The van der Waals surface area contributed by atoms with Crippen LogP contribution < -0.4 is 10.6 Å². The maximum Gasteiger partial charge on any atom is 0.418 e. The minimum absolute atomic E-state index is 0.0155. The maximum atomic E-state index is 12.9. The number of hydrogen-bond acceptors (Lipinski definition) is 5. The molecule has 0 aromatic heterocycles. The minimum Gasteiger partial charge on any atom is -0.466 e. The summed E-state index contributed by atoms with van der Waals surface area (Å²) in [6.07, 6.45) is -3.59. The van der Waals surface area contributed by atoms with Gasteiger partial charge in [0.05, 0.1) is 24.3 Å². The van der Waals surface area contributed by atoms with Gasteiger partial charge >= 0.3 is 12.1 Å². The highest BCUT2D eigenvalue weighted by Crippen LogP contribution is 2.34. The van der Waals surface area contributed by atoms with Crippen LogP contribution in [0.4, 0.5) is 18.9 Å². The first-order valence-electron chi connectivity index (χ1n) is 7.26. The average molecular weight is 355 g/mol. The first-order valence-corrected chi connectivity index (χ1v) is 7.26. The van der Waals surface area contributed by atoms with Crippen LogP contribution in [0.3, 0.4) is 0 Å². The van der Waals surface area contributed by atoms with Crippen LogP contribution in [0.15, 0.2) is 36.0 Å². The van der Waals surface area contributed by atoms with Gasteiger partial charge in [-0.15, -0.1) is 0 Å². The van der Waals surface area contributed by atoms with Crippen LogP contribution in [0.1, 0.15) is 18.9 Å². The van der Waals surface area contributed by atoms with Gasteiger partial charge in [-0.25, -0.2) is 0 Å². The van der Waals surface area contributed by atoms with Gasteiger partial charge in [0.1, 0.15) is 11.6 Å². The van der Waals surface area contributed by atoms with E-state index in [0.29, 0.717) is 0 Å². The van der Waals surface area contributed by atoms with Crippen LogP contribution in [-0.2, 0) is 20.5 Å². The van der Waals surface area contributed by atoms with Crippen molar-refractivity contribution in [2.75, 3.05) is 18.5 Å². The lowest BCUT2D eigenvalue weighted by Gasteiger charge is -2.13. The Morgan fingerprint density at radius 1 is 1.32 bits per heavy atom. The predicted octanol–water partition coefficient (Wildman–Crippen LogP) is 2.59. The number of nitrogens with one attached hydrogen (secondary N) is 2. The van der Waals surface area contributed by atoms with Gasteiger partial charge in [0.25, 0.3) is 5.91 Å². The number of para-hydroxylation sites is 1. The smallest absolute Gasteiger partial charge is 0.418 e. The molecule has 0 radical (unpaired) electrons. The zero-order chi connectivity index (χ0) is 18.9. The zero-order valence-corrected chi connectivity index (χ0v) is 13.3. The van der Waals surface area contributed by atoms with Gasteiger partial charge < -0.3 is 15.4 Å². The summed E-state index contributed by atoms with van der Waals surface area (Å²) in [7, 11) is 0. The molecular formula is C16H16F3N3O3. The molecule has 1 rings (SSSR count). The number of benzene rings is 1. The number of esters is 1. The van der Waals surface area contributed by atoms with Crippen molar-refractivity contribution < 1.29 is 27.5 Å². The Bertz CT molecular complexity index is 694. The summed E-state index contributed by atoms with van der Waals surface area (Å²) < 4.78 is 43.3. The van der Waals surface area contributed by atoms with Crippen LogP contribution in [-0.4, -0.2) is 25.0 Å². The van der Waals surface area contributed by atoms with E-state index in [9.17, 15) is 22.8 Å². The molecule has 1 amide bonds. The fourth-order valence-electron chi connectivity index (χ4n) is 1.76. The molecule has 0 bridgehead atoms. The molecule has 1 aromatic rings. The minimum atomic E-state index is -4.64. The summed E-state index contributed by atoms with van der Waals surface area (Å²) in [6, 6.07) is 6.01. The van der Waals surface area contributed by atoms with Crippen molar-refractivity contribution in [3.8, 4) is 6.07 Å². The third-order valence-corrected chi connectivity index (χ3v) is 2.87. The second-order valence-electron chi connectivity index (χ2n) is 4.68. The number of alkyl halides is 3. The van der Waals surface area contributed by atoms with Crippen molar-refractivity contribution in [1.82, 2.24) is 5.32 Å². The standard InChI is InChI=1S/C16H16F3N3O3/c1-2-25-14(23)7-8-21-10-11(9-20)15(24)22-13-6-4-3-5-12(13)16(17,18)19/h3-6,10,21H,2,7-8H2,1H3,(H,22,24)/b11-10-. The monoisotopic (exact) mass is 355 g/mol. The molecule has 0 atom stereocenters. The molecule has 6 nitrogen and oxygen atoms in total. The summed E-state index contributed by atoms with van der Waals surface area (Å²) in [4.78, 5) is 23.1. The Labute approximate surface area is 142 Å². The van der Waals surface area contributed by atoms with Crippen molar-refractivity contribution in [2.45, 2.75) is 19.5 Å². The highest BCUT2D eigenvalue weighted by molar-refractivity contribution is 6.06. The molecule has 134 valence electrons. The Hall–Kier alpha value is -3.02. The topological polar surface area (TPSA) is 91.2 Å². The third-order valence-electron chi connectivity index (χ3n) is 2.87. The van der Waals surface area contributed by atoms with E-state index in [4.69, 9.17) is 10.00 Å². The third kappa shape index (κ3) is 6.55. The van der Waals surface area contributed by atoms with Crippen molar-refractivity contribution in [3.63, 3.8) is 0 Å². The van der Waals surface area contributed by atoms with E-state index >= 15 is 0 Å². The molecule has 0 aliphatic heterocycles. The quantitative estimate of drug-likeness (QED) is 0.340. The van der Waals surface area contributed by atoms with E-state index in [1.807, 2.05) is 0 Å². The molecule has 25 heavy (non-hydrogen) atoms. The highest BCUT2D eigenvalue weighted by Gasteiger charge is 2.33. The lowest BCUT2D eigenvalue weighted by Crippen LogP contribution is -2.20. The summed E-state index contributed by atoms with van der Waals surface area (Å²) >= 11 is 0. The number of carbonyl (C=O) groups excluding carboxylic acids is 2. The fraction of sp³-hybridized carbons (Fsp3) is 0.312. The number of anilines is 1. The molecular weight excluding hydrogens is 339 g/mol. The van der Waals surface area contributed by atoms with Gasteiger partial charge in [-0.05, 0) is 19.1 Å². The van der Waals surface area contributed by atoms with Gasteiger partial charge in [-0.3, -0.25) is 9.59 Å². The summed E-state index contributed by atoms with van der Waals surface area (Å²) in [5, 5.41) is 13.6. The number of halogens is 3. The number of rotatable bonds is 7. The van der Waals surface area contributed by atoms with Gasteiger partial charge in [0.2, 0.25) is 0 Å². The SMILES string of the molecule is CCOC(=O)CCN/C=C(/C#N)C(=O)Nc1ccccc1C(F)(F)F. The van der Waals surface area contributed by atoms with Crippen molar-refractivity contribution in [3.05, 3.63) is 41.6 Å². The Morgan fingerprint density at radius 2 is 2.00 bits per heavy atom. The van der Waals surface area contributed by atoms with Gasteiger partial charge in [-0.1, -0.05) is 12.1 Å². The Morgan fingerprint density at radius 3 is 2.60 bits per heavy atom. The number of amides is 1. The van der Waals surface area contributed by atoms with Crippen LogP contribution in [0.5, 0.6) is 0 Å². The molecule has 0 aliphatic rings. The van der Waals surface area contributed by atoms with E-state index in [-0.39, 0.29) is 19.6 Å². The number of carbonyl (C=O) groups is 2. The number of hydrogen-bond donors (Lipinski definition) is 2. The van der Waals surface area contributed by atoms with E-state index in [1.165, 1.54) is 12.1 Å². The second-order valence-corrected chi connectivity index (χ2v) is 4.68. The van der Waals surface area contributed by atoms with E-state index < -0.39 is 34.9 Å². The first kappa shape index (κ1) is 20.0. The van der Waals surface area contributed by atoms with E-state index in [2.05, 4.69) is 10.6 Å². The predicted molar refractivity (Wildman–Crippen MR) is 83.0 cm³/mol. The van der Waals surface area contributed by atoms with Crippen molar-refractivity contribution in [1.29, 1.82) is 5.26 Å². The lowest BCUT2D eigenvalue weighted by molar-refractivity contribution is -0.143. The summed E-state index contributed by atoms with van der Waals surface area (Å²) in [5.41, 5.74) is -1.90. The molecule has 0 aliphatic carbocycles. The van der Waals surface area contributed by atoms with Gasteiger partial charge in [0, 0.05) is 12.7 Å². The van der Waals surface area contributed by atoms with Gasteiger partial charge in [0.15, 0.2) is 0 Å². The number of nitrogens with zero attached hydrogens (tertiary/aromatic N) is 1. The number of ether oxygens (including phenoxy) is 1. The lowest BCUT2D eigenvalue weighted by atomic mass is 10.1. The van der Waals surface area contributed by atoms with Crippen molar-refractivity contribution in [2.24, 2.45) is 0 Å². The molecule has 0 fully saturated rings. The molecule has 9 heteroatoms. The molecule has 2 N–H and O–H groups in total. The molecule has 0 saturated heterocycles. The maximum absolute atomic E-state index is 12.9. The van der Waals surface area contributed by atoms with Crippen LogP contribution in [0, 0.1) is 11.3 Å². The summed E-state index contributed by atoms with van der Waals surface area (Å²) in [6.45, 7) is 2.00. The zero-order valence-electron chi connectivity index (χ0n) is 13.3. The van der Waals surface area contributed by atoms with Crippen LogP contribution in [0.25, 0.3) is 0 Å². The summed E-state index contributed by atoms with van der Waals surface area (Å²) in [5.74, 6) is -1.45. The Balaban J connectivity index is 2.73. The molecule has 1 aromatic carbocycles. The van der Waals surface area contributed by atoms with E-state index in [0.717, 1.165) is 18.3 Å². The highest BCUT2D eigenvalue weighted by atomic mass is 19.4.